The lowest BCUT2D eigenvalue weighted by Crippen LogP contribution is -1.86. The fourth-order valence-electron chi connectivity index (χ4n) is 3.11. The normalized spacial score (nSPS) is 11.5. The first kappa shape index (κ1) is 12.7. The molecule has 2 heterocycles. The van der Waals surface area contributed by atoms with E-state index in [2.05, 4.69) is 58.5 Å². The highest BCUT2D eigenvalue weighted by Gasteiger charge is 2.13. The predicted molar refractivity (Wildman–Crippen MR) is 97.9 cm³/mol. The lowest BCUT2D eigenvalue weighted by atomic mass is 10.0. The van der Waals surface area contributed by atoms with E-state index in [1.165, 1.54) is 20.9 Å². The maximum absolute atomic E-state index is 4.58. The van der Waals surface area contributed by atoms with Gasteiger partial charge in [0.05, 0.1) is 5.69 Å². The average Bonchev–Trinajstić information content (AvgIpc) is 2.98. The maximum atomic E-state index is 4.58. The van der Waals surface area contributed by atoms with Gasteiger partial charge in [0.2, 0.25) is 0 Å². The number of rotatable bonds is 1. The number of hydrogen-bond donors (Lipinski definition) is 0. The van der Waals surface area contributed by atoms with Crippen LogP contribution in [-0.4, -0.2) is 9.97 Å². The lowest BCUT2D eigenvalue weighted by Gasteiger charge is -2.03. The molecule has 0 unspecified atom stereocenters. The van der Waals surface area contributed by atoms with Crippen molar-refractivity contribution in [3.63, 3.8) is 0 Å². The second kappa shape index (κ2) is 4.86. The molecule has 0 N–H and O–H groups in total. The molecule has 0 fully saturated rings. The predicted octanol–water partition coefficient (Wildman–Crippen LogP) is 5.66. The van der Waals surface area contributed by atoms with Crippen LogP contribution in [0.4, 0.5) is 0 Å². The summed E-state index contributed by atoms with van der Waals surface area (Å²) in [6.07, 6.45) is 1.67. The first-order chi connectivity index (χ1) is 11.4. The fraction of sp³-hybridized carbons (Fsp3) is 0. The summed E-state index contributed by atoms with van der Waals surface area (Å²) in [6, 6.07) is 23.3. The summed E-state index contributed by atoms with van der Waals surface area (Å²) in [6.45, 7) is 0. The molecule has 0 aliphatic rings. The highest BCUT2D eigenvalue weighted by atomic mass is 32.1. The Hall–Kier alpha value is -2.78. The highest BCUT2D eigenvalue weighted by molar-refractivity contribution is 7.25. The SMILES string of the molecule is c1ccc(-c2ncnc3sc4cc5ccccc5cc4c23)cc1. The van der Waals surface area contributed by atoms with E-state index in [0.29, 0.717) is 0 Å². The molecule has 0 aliphatic carbocycles. The Balaban J connectivity index is 1.95. The van der Waals surface area contributed by atoms with Gasteiger partial charge in [0.15, 0.2) is 0 Å². The molecule has 2 aromatic heterocycles. The first-order valence-corrected chi connectivity index (χ1v) is 8.33. The molecule has 0 spiro atoms. The van der Waals surface area contributed by atoms with Crippen molar-refractivity contribution < 1.29 is 0 Å². The zero-order valence-electron chi connectivity index (χ0n) is 12.2. The Labute approximate surface area is 137 Å². The van der Waals surface area contributed by atoms with Crippen molar-refractivity contribution in [2.24, 2.45) is 0 Å². The van der Waals surface area contributed by atoms with E-state index in [1.54, 1.807) is 17.7 Å². The number of aromatic nitrogens is 2. The Morgan fingerprint density at radius 1 is 0.739 bits per heavy atom. The summed E-state index contributed by atoms with van der Waals surface area (Å²) in [5.41, 5.74) is 2.14. The molecule has 0 saturated carbocycles. The number of benzene rings is 3. The van der Waals surface area contributed by atoms with Crippen molar-refractivity contribution in [3.8, 4) is 11.3 Å². The van der Waals surface area contributed by atoms with Crippen LogP contribution in [0.15, 0.2) is 73.1 Å². The van der Waals surface area contributed by atoms with Crippen LogP contribution < -0.4 is 0 Å². The van der Waals surface area contributed by atoms with Crippen LogP contribution in [-0.2, 0) is 0 Å². The summed E-state index contributed by atoms with van der Waals surface area (Å²) in [5.74, 6) is 0. The van der Waals surface area contributed by atoms with Gasteiger partial charge >= 0.3 is 0 Å². The van der Waals surface area contributed by atoms with Crippen molar-refractivity contribution in [3.05, 3.63) is 73.1 Å². The average molecular weight is 312 g/mol. The molecule has 5 rings (SSSR count). The molecule has 3 aromatic carbocycles. The van der Waals surface area contributed by atoms with Crippen molar-refractivity contribution in [2.75, 3.05) is 0 Å². The molecule has 2 nitrogen and oxygen atoms in total. The fourth-order valence-corrected chi connectivity index (χ4v) is 4.18. The van der Waals surface area contributed by atoms with Crippen LogP contribution in [0.25, 0.3) is 42.3 Å². The monoisotopic (exact) mass is 312 g/mol. The molecule has 5 aromatic rings. The maximum Gasteiger partial charge on any atom is 0.128 e. The zero-order valence-corrected chi connectivity index (χ0v) is 13.0. The van der Waals surface area contributed by atoms with E-state index >= 15 is 0 Å². The van der Waals surface area contributed by atoms with Crippen molar-refractivity contribution >= 4 is 42.4 Å². The molecule has 108 valence electrons. The van der Waals surface area contributed by atoms with Gasteiger partial charge in [0, 0.05) is 21.0 Å². The minimum Gasteiger partial charge on any atom is -0.236 e. The van der Waals surface area contributed by atoms with Gasteiger partial charge in [0.25, 0.3) is 0 Å². The van der Waals surface area contributed by atoms with Gasteiger partial charge in [-0.1, -0.05) is 54.6 Å². The second-order valence-electron chi connectivity index (χ2n) is 5.57. The summed E-state index contributed by atoms with van der Waals surface area (Å²) in [4.78, 5) is 10.1. The molecule has 23 heavy (non-hydrogen) atoms. The molecule has 0 saturated heterocycles. The van der Waals surface area contributed by atoms with E-state index in [4.69, 9.17) is 0 Å². The van der Waals surface area contributed by atoms with Crippen LogP contribution in [0, 0.1) is 0 Å². The Morgan fingerprint density at radius 2 is 1.48 bits per heavy atom. The highest BCUT2D eigenvalue weighted by Crippen LogP contribution is 2.39. The number of thiophene rings is 1. The van der Waals surface area contributed by atoms with E-state index in [0.717, 1.165) is 21.5 Å². The van der Waals surface area contributed by atoms with E-state index in [1.807, 2.05) is 18.2 Å². The number of nitrogens with zero attached hydrogens (tertiary/aromatic N) is 2. The summed E-state index contributed by atoms with van der Waals surface area (Å²) in [5, 5.41) is 4.91. The topological polar surface area (TPSA) is 25.8 Å². The summed E-state index contributed by atoms with van der Waals surface area (Å²) < 4.78 is 1.26. The van der Waals surface area contributed by atoms with Crippen LogP contribution in [0.1, 0.15) is 0 Å². The molecular weight excluding hydrogens is 300 g/mol. The Bertz CT molecular complexity index is 1160. The number of hydrogen-bond acceptors (Lipinski definition) is 3. The van der Waals surface area contributed by atoms with E-state index in [9.17, 15) is 0 Å². The smallest absolute Gasteiger partial charge is 0.128 e. The van der Waals surface area contributed by atoms with Crippen LogP contribution in [0.5, 0.6) is 0 Å². The zero-order chi connectivity index (χ0) is 15.2. The molecule has 0 amide bonds. The summed E-state index contributed by atoms with van der Waals surface area (Å²) >= 11 is 1.73. The van der Waals surface area contributed by atoms with E-state index in [-0.39, 0.29) is 0 Å². The molecular formula is C20H12N2S. The van der Waals surface area contributed by atoms with Gasteiger partial charge in [-0.05, 0) is 22.9 Å². The van der Waals surface area contributed by atoms with Gasteiger partial charge in [-0.2, -0.15) is 0 Å². The van der Waals surface area contributed by atoms with Crippen molar-refractivity contribution in [1.29, 1.82) is 0 Å². The second-order valence-corrected chi connectivity index (χ2v) is 6.60. The van der Waals surface area contributed by atoms with E-state index < -0.39 is 0 Å². The third-order valence-electron chi connectivity index (χ3n) is 4.18. The molecule has 3 heteroatoms. The quantitative estimate of drug-likeness (QED) is 0.399. The van der Waals surface area contributed by atoms with Crippen LogP contribution in [0.2, 0.25) is 0 Å². The Kier molecular flexibility index (Phi) is 2.69. The first-order valence-electron chi connectivity index (χ1n) is 7.51. The summed E-state index contributed by atoms with van der Waals surface area (Å²) in [7, 11) is 0. The van der Waals surface area contributed by atoms with Crippen molar-refractivity contribution in [1.82, 2.24) is 9.97 Å². The van der Waals surface area contributed by atoms with Crippen LogP contribution >= 0.6 is 11.3 Å². The minimum absolute atomic E-state index is 1.01. The van der Waals surface area contributed by atoms with Crippen molar-refractivity contribution in [2.45, 2.75) is 0 Å². The van der Waals surface area contributed by atoms with Gasteiger partial charge in [-0.3, -0.25) is 0 Å². The molecule has 0 atom stereocenters. The van der Waals surface area contributed by atoms with Gasteiger partial charge in [-0.15, -0.1) is 11.3 Å². The van der Waals surface area contributed by atoms with Gasteiger partial charge in [-0.25, -0.2) is 9.97 Å². The third-order valence-corrected chi connectivity index (χ3v) is 5.24. The standard InChI is InChI=1S/C20H12N2S/c1-2-6-13(7-3-1)19-18-16-10-14-8-4-5-9-15(14)11-17(16)23-20(18)22-12-21-19/h1-12H. The third kappa shape index (κ3) is 1.94. The molecule has 0 aliphatic heterocycles. The Morgan fingerprint density at radius 3 is 2.30 bits per heavy atom. The molecule has 0 radical (unpaired) electrons. The largest absolute Gasteiger partial charge is 0.236 e. The molecule has 0 bridgehead atoms. The minimum atomic E-state index is 1.01. The number of fused-ring (bicyclic) bond motifs is 4. The lowest BCUT2D eigenvalue weighted by molar-refractivity contribution is 1.24. The van der Waals surface area contributed by atoms with Crippen LogP contribution in [0.3, 0.4) is 0 Å². The van der Waals surface area contributed by atoms with Gasteiger partial charge in [0.1, 0.15) is 11.2 Å². The van der Waals surface area contributed by atoms with Gasteiger partial charge < -0.3 is 0 Å².